The monoisotopic (exact) mass is 423 g/mol. The fraction of sp³-hybridized carbons (Fsp3) is 0.400. The summed E-state index contributed by atoms with van der Waals surface area (Å²) in [6.07, 6.45) is 7.49. The lowest BCUT2D eigenvalue weighted by Gasteiger charge is -2.30. The molecule has 1 heterocycles. The number of rotatable bonds is 7. The fourth-order valence-corrected chi connectivity index (χ4v) is 4.32. The highest BCUT2D eigenvalue weighted by molar-refractivity contribution is 6.31. The number of hydrazine groups is 1. The molecule has 2 aliphatic rings. The van der Waals surface area contributed by atoms with Gasteiger partial charge in [0.1, 0.15) is 0 Å². The first-order chi connectivity index (χ1) is 14.5. The van der Waals surface area contributed by atoms with Crippen LogP contribution in [0, 0.1) is 5.92 Å². The number of nitrogens with zero attached hydrogens (tertiary/aromatic N) is 3. The summed E-state index contributed by atoms with van der Waals surface area (Å²) in [5, 5.41) is 4.19. The van der Waals surface area contributed by atoms with E-state index in [9.17, 15) is 4.79 Å². The van der Waals surface area contributed by atoms with Crippen LogP contribution < -0.4 is 0 Å². The topological polar surface area (TPSA) is 26.8 Å². The standard InChI is InChI=1S/C25H30ClN3O/c1-27(2)29(18-22-6-3-4-9-24(22)26)25(30)13-12-20-7-5-8-21-17-28(15-14-23(20)21)16-19-10-11-19/h3-9,12-13,19H,10-11,14-18H2,1-2H3. The molecular weight excluding hydrogens is 394 g/mol. The van der Waals surface area contributed by atoms with Gasteiger partial charge in [-0.3, -0.25) is 14.7 Å². The highest BCUT2D eigenvalue weighted by Gasteiger charge is 2.26. The van der Waals surface area contributed by atoms with Gasteiger partial charge in [-0.25, -0.2) is 5.01 Å². The van der Waals surface area contributed by atoms with Gasteiger partial charge < -0.3 is 0 Å². The molecule has 0 saturated heterocycles. The normalized spacial score (nSPS) is 16.8. The second-order valence-corrected chi connectivity index (χ2v) is 8.99. The van der Waals surface area contributed by atoms with Crippen molar-refractivity contribution in [1.29, 1.82) is 0 Å². The van der Waals surface area contributed by atoms with Crippen molar-refractivity contribution < 1.29 is 4.79 Å². The van der Waals surface area contributed by atoms with Crippen LogP contribution in [0.5, 0.6) is 0 Å². The van der Waals surface area contributed by atoms with E-state index in [-0.39, 0.29) is 5.91 Å². The van der Waals surface area contributed by atoms with Crippen LogP contribution >= 0.6 is 11.6 Å². The Hall–Kier alpha value is -2.14. The molecule has 1 amide bonds. The van der Waals surface area contributed by atoms with Crippen LogP contribution in [-0.4, -0.2) is 48.0 Å². The maximum absolute atomic E-state index is 13.0. The number of carbonyl (C=O) groups is 1. The Morgan fingerprint density at radius 1 is 1.17 bits per heavy atom. The lowest BCUT2D eigenvalue weighted by molar-refractivity contribution is -0.140. The van der Waals surface area contributed by atoms with Crippen molar-refractivity contribution in [2.75, 3.05) is 27.2 Å². The molecule has 2 aromatic rings. The van der Waals surface area contributed by atoms with E-state index in [1.54, 1.807) is 11.1 Å². The summed E-state index contributed by atoms with van der Waals surface area (Å²) < 4.78 is 0. The Kier molecular flexibility index (Phi) is 6.57. The third kappa shape index (κ3) is 5.12. The summed E-state index contributed by atoms with van der Waals surface area (Å²) in [6, 6.07) is 14.1. The van der Waals surface area contributed by atoms with E-state index in [1.807, 2.05) is 49.4 Å². The molecule has 0 radical (unpaired) electrons. The quantitative estimate of drug-likeness (QED) is 0.480. The molecule has 4 nitrogen and oxygen atoms in total. The van der Waals surface area contributed by atoms with Gasteiger partial charge in [0.2, 0.25) is 0 Å². The summed E-state index contributed by atoms with van der Waals surface area (Å²) >= 11 is 6.30. The zero-order valence-corrected chi connectivity index (χ0v) is 18.6. The Balaban J connectivity index is 1.47. The van der Waals surface area contributed by atoms with Crippen LogP contribution in [0.15, 0.2) is 48.5 Å². The predicted molar refractivity (Wildman–Crippen MR) is 123 cm³/mol. The maximum Gasteiger partial charge on any atom is 0.261 e. The highest BCUT2D eigenvalue weighted by atomic mass is 35.5. The van der Waals surface area contributed by atoms with Crippen molar-refractivity contribution in [2.45, 2.75) is 32.4 Å². The van der Waals surface area contributed by atoms with Gasteiger partial charge in [-0.1, -0.05) is 48.0 Å². The second-order valence-electron chi connectivity index (χ2n) is 8.58. The highest BCUT2D eigenvalue weighted by Crippen LogP contribution is 2.32. The first-order valence-corrected chi connectivity index (χ1v) is 11.1. The fourth-order valence-electron chi connectivity index (χ4n) is 4.13. The first-order valence-electron chi connectivity index (χ1n) is 10.7. The van der Waals surface area contributed by atoms with E-state index >= 15 is 0 Å². The molecule has 0 atom stereocenters. The van der Waals surface area contributed by atoms with Crippen molar-refractivity contribution in [3.8, 4) is 0 Å². The molecular formula is C25H30ClN3O. The number of hydrogen-bond acceptors (Lipinski definition) is 3. The largest absolute Gasteiger partial charge is 0.298 e. The average Bonchev–Trinajstić information content (AvgIpc) is 3.55. The van der Waals surface area contributed by atoms with Gasteiger partial charge in [0, 0.05) is 44.8 Å². The van der Waals surface area contributed by atoms with Crippen molar-refractivity contribution in [2.24, 2.45) is 5.92 Å². The number of benzene rings is 2. The van der Waals surface area contributed by atoms with E-state index in [0.717, 1.165) is 36.6 Å². The zero-order chi connectivity index (χ0) is 21.1. The third-order valence-electron chi connectivity index (χ3n) is 6.02. The Morgan fingerprint density at radius 2 is 1.97 bits per heavy atom. The van der Waals surface area contributed by atoms with Crippen molar-refractivity contribution >= 4 is 23.6 Å². The summed E-state index contributed by atoms with van der Waals surface area (Å²) in [6.45, 7) is 3.81. The van der Waals surface area contributed by atoms with Gasteiger partial charge in [-0.05, 0) is 59.6 Å². The molecule has 0 unspecified atom stereocenters. The summed E-state index contributed by atoms with van der Waals surface area (Å²) in [5.41, 5.74) is 4.87. The van der Waals surface area contributed by atoms with Crippen LogP contribution in [0.25, 0.3) is 6.08 Å². The van der Waals surface area contributed by atoms with E-state index < -0.39 is 0 Å². The second kappa shape index (κ2) is 9.34. The summed E-state index contributed by atoms with van der Waals surface area (Å²) in [5.74, 6) is 0.867. The molecule has 0 N–H and O–H groups in total. The van der Waals surface area contributed by atoms with Crippen LogP contribution in [-0.2, 0) is 24.3 Å². The smallest absolute Gasteiger partial charge is 0.261 e. The molecule has 5 heteroatoms. The lowest BCUT2D eigenvalue weighted by Crippen LogP contribution is -2.40. The molecule has 158 valence electrons. The lowest BCUT2D eigenvalue weighted by atomic mass is 9.94. The van der Waals surface area contributed by atoms with Crippen molar-refractivity contribution in [1.82, 2.24) is 14.9 Å². The van der Waals surface area contributed by atoms with E-state index in [2.05, 4.69) is 23.1 Å². The predicted octanol–water partition coefficient (Wildman–Crippen LogP) is 4.63. The third-order valence-corrected chi connectivity index (χ3v) is 6.38. The van der Waals surface area contributed by atoms with E-state index in [1.165, 1.54) is 30.5 Å². The number of carbonyl (C=O) groups excluding carboxylic acids is 1. The molecule has 1 fully saturated rings. The Morgan fingerprint density at radius 3 is 2.70 bits per heavy atom. The van der Waals surface area contributed by atoms with Crippen LogP contribution in [0.4, 0.5) is 0 Å². The zero-order valence-electron chi connectivity index (χ0n) is 17.9. The van der Waals surface area contributed by atoms with E-state index in [0.29, 0.717) is 11.6 Å². The van der Waals surface area contributed by atoms with E-state index in [4.69, 9.17) is 11.6 Å². The molecule has 0 bridgehead atoms. The molecule has 30 heavy (non-hydrogen) atoms. The summed E-state index contributed by atoms with van der Waals surface area (Å²) in [4.78, 5) is 15.5. The molecule has 1 saturated carbocycles. The van der Waals surface area contributed by atoms with Crippen molar-refractivity contribution in [3.05, 3.63) is 75.8 Å². The minimum Gasteiger partial charge on any atom is -0.298 e. The minimum absolute atomic E-state index is 0.0521. The van der Waals surface area contributed by atoms with Crippen LogP contribution in [0.2, 0.25) is 5.02 Å². The van der Waals surface area contributed by atoms with Gasteiger partial charge >= 0.3 is 0 Å². The van der Waals surface area contributed by atoms with Crippen LogP contribution in [0.3, 0.4) is 0 Å². The molecule has 2 aromatic carbocycles. The Labute approximate surface area is 184 Å². The molecule has 0 spiro atoms. The molecule has 0 aromatic heterocycles. The number of fused-ring (bicyclic) bond motifs is 1. The SMILES string of the molecule is CN(C)N(Cc1ccccc1Cl)C(=O)C=Cc1cccc2c1CCN(CC1CC1)C2. The molecule has 4 rings (SSSR count). The average molecular weight is 424 g/mol. The Bertz CT molecular complexity index is 936. The van der Waals surface area contributed by atoms with Gasteiger partial charge in [0.15, 0.2) is 0 Å². The first kappa shape index (κ1) is 21.1. The van der Waals surface area contributed by atoms with Crippen molar-refractivity contribution in [3.63, 3.8) is 0 Å². The van der Waals surface area contributed by atoms with Crippen LogP contribution in [0.1, 0.15) is 35.1 Å². The maximum atomic E-state index is 13.0. The number of halogens is 1. The molecule has 1 aliphatic heterocycles. The van der Waals surface area contributed by atoms with Gasteiger partial charge in [0.25, 0.3) is 5.91 Å². The van der Waals surface area contributed by atoms with Gasteiger partial charge in [-0.15, -0.1) is 0 Å². The minimum atomic E-state index is -0.0521. The number of amides is 1. The number of hydrogen-bond donors (Lipinski definition) is 0. The molecule has 1 aliphatic carbocycles. The van der Waals surface area contributed by atoms with Gasteiger partial charge in [0.05, 0.1) is 6.54 Å². The van der Waals surface area contributed by atoms with Gasteiger partial charge in [-0.2, -0.15) is 0 Å². The summed E-state index contributed by atoms with van der Waals surface area (Å²) in [7, 11) is 3.75.